The van der Waals surface area contributed by atoms with Crippen molar-refractivity contribution < 1.29 is 0 Å². The minimum Gasteiger partial charge on any atom is -0.384 e. The van der Waals surface area contributed by atoms with E-state index in [0.29, 0.717) is 5.41 Å². The van der Waals surface area contributed by atoms with Gasteiger partial charge < -0.3 is 10.3 Å². The zero-order chi connectivity index (χ0) is 13.9. The third kappa shape index (κ3) is 1.68. The average Bonchev–Trinajstić information content (AvgIpc) is 2.67. The van der Waals surface area contributed by atoms with Gasteiger partial charge in [-0.15, -0.1) is 0 Å². The Morgan fingerprint density at radius 3 is 2.20 bits per heavy atom. The normalized spacial score (nSPS) is 38.6. The van der Waals surface area contributed by atoms with Crippen LogP contribution in [-0.4, -0.2) is 9.55 Å². The molecule has 20 heavy (non-hydrogen) atoms. The van der Waals surface area contributed by atoms with Crippen molar-refractivity contribution in [1.29, 1.82) is 0 Å². The number of aryl methyl sites for hydroxylation is 1. The monoisotopic (exact) mass is 273 g/mol. The molecule has 0 aromatic carbocycles. The first-order valence-electron chi connectivity index (χ1n) is 8.44. The molecule has 4 fully saturated rings. The number of aromatic nitrogens is 2. The van der Waals surface area contributed by atoms with Gasteiger partial charge in [-0.05, 0) is 69.6 Å². The van der Waals surface area contributed by atoms with Gasteiger partial charge in [-0.1, -0.05) is 6.92 Å². The van der Waals surface area contributed by atoms with Crippen LogP contribution in [0, 0.1) is 24.7 Å². The van der Waals surface area contributed by atoms with Crippen LogP contribution in [0.5, 0.6) is 0 Å². The quantitative estimate of drug-likeness (QED) is 0.913. The predicted octanol–water partition coefficient (Wildman–Crippen LogP) is 3.65. The van der Waals surface area contributed by atoms with Crippen LogP contribution in [0.25, 0.3) is 0 Å². The van der Waals surface area contributed by atoms with Gasteiger partial charge in [0.1, 0.15) is 11.6 Å². The van der Waals surface area contributed by atoms with Crippen LogP contribution in [0.4, 0.5) is 5.82 Å². The molecule has 0 atom stereocenters. The molecule has 0 amide bonds. The van der Waals surface area contributed by atoms with Crippen LogP contribution in [0.1, 0.15) is 63.4 Å². The van der Waals surface area contributed by atoms with E-state index in [0.717, 1.165) is 42.2 Å². The molecule has 0 unspecified atom stereocenters. The smallest absolute Gasteiger partial charge is 0.126 e. The van der Waals surface area contributed by atoms with Crippen molar-refractivity contribution in [3.05, 3.63) is 11.5 Å². The largest absolute Gasteiger partial charge is 0.384 e. The lowest BCUT2D eigenvalue weighted by Crippen LogP contribution is -2.49. The van der Waals surface area contributed by atoms with E-state index in [4.69, 9.17) is 10.7 Å². The summed E-state index contributed by atoms with van der Waals surface area (Å²) < 4.78 is 2.35. The van der Waals surface area contributed by atoms with Gasteiger partial charge in [0.05, 0.1) is 5.69 Å². The molecule has 5 rings (SSSR count). The molecule has 1 heterocycles. The molecule has 4 aliphatic carbocycles. The molecule has 110 valence electrons. The van der Waals surface area contributed by atoms with Crippen molar-refractivity contribution in [2.24, 2.45) is 17.8 Å². The third-order valence-electron chi connectivity index (χ3n) is 6.15. The summed E-state index contributed by atoms with van der Waals surface area (Å²) in [6, 6.07) is 0. The minimum atomic E-state index is 0.367. The number of nitrogens with zero attached hydrogens (tertiary/aromatic N) is 2. The Bertz CT molecular complexity index is 493. The number of nitrogens with two attached hydrogens (primary N) is 1. The zero-order valence-electron chi connectivity index (χ0n) is 12.9. The summed E-state index contributed by atoms with van der Waals surface area (Å²) in [5, 5.41) is 0. The second-order valence-electron chi connectivity index (χ2n) is 7.76. The Kier molecular flexibility index (Phi) is 2.71. The third-order valence-corrected chi connectivity index (χ3v) is 6.15. The number of hydrogen-bond donors (Lipinski definition) is 1. The Hall–Kier alpha value is -0.990. The molecule has 0 spiro atoms. The van der Waals surface area contributed by atoms with Crippen LogP contribution < -0.4 is 5.73 Å². The highest BCUT2D eigenvalue weighted by atomic mass is 15.2. The Labute approximate surface area is 122 Å². The van der Waals surface area contributed by atoms with Crippen molar-refractivity contribution in [2.75, 3.05) is 5.73 Å². The second-order valence-corrected chi connectivity index (χ2v) is 7.76. The van der Waals surface area contributed by atoms with Crippen LogP contribution >= 0.6 is 0 Å². The van der Waals surface area contributed by atoms with Crippen LogP contribution in [0.15, 0.2) is 0 Å². The topological polar surface area (TPSA) is 43.8 Å². The first-order valence-corrected chi connectivity index (χ1v) is 8.44. The van der Waals surface area contributed by atoms with E-state index in [1.165, 1.54) is 44.3 Å². The fourth-order valence-corrected chi connectivity index (χ4v) is 5.83. The van der Waals surface area contributed by atoms with E-state index in [1.807, 2.05) is 0 Å². The van der Waals surface area contributed by atoms with Gasteiger partial charge in [-0.25, -0.2) is 4.98 Å². The first kappa shape index (κ1) is 12.7. The molecule has 0 aliphatic heterocycles. The van der Waals surface area contributed by atoms with Gasteiger partial charge in [0.2, 0.25) is 0 Å². The summed E-state index contributed by atoms with van der Waals surface area (Å²) in [5.41, 5.74) is 7.72. The fourth-order valence-electron chi connectivity index (χ4n) is 5.83. The molecular formula is C17H27N3. The highest BCUT2D eigenvalue weighted by Crippen LogP contribution is 2.60. The fraction of sp³-hybridized carbons (Fsp3) is 0.824. The number of hydrogen-bond acceptors (Lipinski definition) is 2. The Balaban J connectivity index is 1.79. The lowest BCUT2D eigenvalue weighted by molar-refractivity contribution is -0.0109. The maximum Gasteiger partial charge on any atom is 0.126 e. The summed E-state index contributed by atoms with van der Waals surface area (Å²) in [6.07, 6.45) is 9.72. The highest BCUT2D eigenvalue weighted by molar-refractivity contribution is 5.39. The molecule has 1 aromatic rings. The van der Waals surface area contributed by atoms with Crippen LogP contribution in [0.3, 0.4) is 0 Å². The molecule has 3 heteroatoms. The molecule has 0 radical (unpaired) electrons. The summed E-state index contributed by atoms with van der Waals surface area (Å²) in [7, 11) is 0. The van der Waals surface area contributed by atoms with Gasteiger partial charge >= 0.3 is 0 Å². The molecule has 2 N–H and O–H groups in total. The van der Waals surface area contributed by atoms with E-state index < -0.39 is 0 Å². The van der Waals surface area contributed by atoms with E-state index in [2.05, 4.69) is 18.4 Å². The summed E-state index contributed by atoms with van der Waals surface area (Å²) in [5.74, 6) is 5.16. The van der Waals surface area contributed by atoms with Gasteiger partial charge in [0, 0.05) is 12.0 Å². The molecule has 0 saturated heterocycles. The van der Waals surface area contributed by atoms with Gasteiger partial charge in [-0.3, -0.25) is 0 Å². The van der Waals surface area contributed by atoms with E-state index in [9.17, 15) is 0 Å². The van der Waals surface area contributed by atoms with E-state index >= 15 is 0 Å². The highest BCUT2D eigenvalue weighted by Gasteiger charge is 2.53. The molecular weight excluding hydrogens is 246 g/mol. The predicted molar refractivity (Wildman–Crippen MR) is 81.5 cm³/mol. The molecule has 1 aromatic heterocycles. The summed E-state index contributed by atoms with van der Waals surface area (Å²) in [6.45, 7) is 5.34. The Morgan fingerprint density at radius 2 is 1.70 bits per heavy atom. The van der Waals surface area contributed by atoms with Gasteiger partial charge in [0.25, 0.3) is 0 Å². The van der Waals surface area contributed by atoms with Crippen molar-refractivity contribution in [3.8, 4) is 0 Å². The maximum atomic E-state index is 6.31. The molecule has 4 aliphatic rings. The van der Waals surface area contributed by atoms with Crippen molar-refractivity contribution in [3.63, 3.8) is 0 Å². The van der Waals surface area contributed by atoms with Crippen molar-refractivity contribution in [2.45, 2.75) is 70.8 Å². The van der Waals surface area contributed by atoms with Crippen molar-refractivity contribution in [1.82, 2.24) is 9.55 Å². The standard InChI is InChI=1S/C17H27N3/c1-3-4-20-15(18)11(2)19-16(20)17-8-12-5-13(9-17)7-14(6-12)10-17/h12-14H,3-10,18H2,1-2H3. The van der Waals surface area contributed by atoms with Crippen LogP contribution in [-0.2, 0) is 12.0 Å². The van der Waals surface area contributed by atoms with Crippen molar-refractivity contribution >= 4 is 5.82 Å². The average molecular weight is 273 g/mol. The minimum absolute atomic E-state index is 0.367. The van der Waals surface area contributed by atoms with E-state index in [-0.39, 0.29) is 0 Å². The van der Waals surface area contributed by atoms with E-state index in [1.54, 1.807) is 0 Å². The first-order chi connectivity index (χ1) is 9.61. The second kappa shape index (κ2) is 4.25. The lowest BCUT2D eigenvalue weighted by Gasteiger charge is -2.56. The lowest BCUT2D eigenvalue weighted by atomic mass is 9.49. The maximum absolute atomic E-state index is 6.31. The molecule has 4 bridgehead atoms. The SMILES string of the molecule is CCCn1c(C23CC4CC(CC(C4)C2)C3)nc(C)c1N. The number of nitrogen functional groups attached to an aromatic ring is 1. The zero-order valence-corrected chi connectivity index (χ0v) is 12.9. The Morgan fingerprint density at radius 1 is 1.15 bits per heavy atom. The number of anilines is 1. The van der Waals surface area contributed by atoms with Crippen LogP contribution in [0.2, 0.25) is 0 Å². The van der Waals surface area contributed by atoms with Gasteiger partial charge in [0.15, 0.2) is 0 Å². The molecule has 3 nitrogen and oxygen atoms in total. The summed E-state index contributed by atoms with van der Waals surface area (Å²) >= 11 is 0. The van der Waals surface area contributed by atoms with Gasteiger partial charge in [-0.2, -0.15) is 0 Å². The number of imidazole rings is 1. The molecule has 4 saturated carbocycles. The summed E-state index contributed by atoms with van der Waals surface area (Å²) in [4.78, 5) is 4.96. The number of rotatable bonds is 3.